The maximum absolute atomic E-state index is 5.66. The molecule has 0 amide bonds. The molecule has 1 rings (SSSR count). The minimum absolute atomic E-state index is 0.249. The second kappa shape index (κ2) is 4.82. The van der Waals surface area contributed by atoms with Gasteiger partial charge in [-0.3, -0.25) is 0 Å². The fourth-order valence-corrected chi connectivity index (χ4v) is 1.11. The van der Waals surface area contributed by atoms with Gasteiger partial charge in [-0.25, -0.2) is 4.98 Å². The van der Waals surface area contributed by atoms with Crippen LogP contribution in [0.2, 0.25) is 0 Å². The number of hydrogen-bond acceptors (Lipinski definition) is 3. The Morgan fingerprint density at radius 2 is 2.38 bits per heavy atom. The summed E-state index contributed by atoms with van der Waals surface area (Å²) < 4.78 is 5.02. The van der Waals surface area contributed by atoms with Gasteiger partial charge in [0.1, 0.15) is 0 Å². The Morgan fingerprint density at radius 3 is 3.00 bits per heavy atom. The quantitative estimate of drug-likeness (QED) is 0.761. The molecule has 1 aromatic rings. The number of rotatable bonds is 4. The van der Waals surface area contributed by atoms with Gasteiger partial charge in [0.05, 0.1) is 7.11 Å². The molecular formula is C10H16N2O. The average molecular weight is 180 g/mol. The summed E-state index contributed by atoms with van der Waals surface area (Å²) in [5, 5.41) is 0. The molecule has 0 bridgehead atoms. The third-order valence-corrected chi connectivity index (χ3v) is 1.90. The summed E-state index contributed by atoms with van der Waals surface area (Å²) in [4.78, 5) is 4.03. The maximum atomic E-state index is 5.66. The molecule has 0 saturated heterocycles. The molecule has 0 radical (unpaired) electrons. The van der Waals surface area contributed by atoms with Gasteiger partial charge in [0.15, 0.2) is 0 Å². The first-order valence-corrected chi connectivity index (χ1v) is 4.47. The van der Waals surface area contributed by atoms with Gasteiger partial charge >= 0.3 is 0 Å². The molecule has 72 valence electrons. The molecule has 3 heteroatoms. The van der Waals surface area contributed by atoms with E-state index in [1.54, 1.807) is 13.3 Å². The van der Waals surface area contributed by atoms with Gasteiger partial charge in [-0.1, -0.05) is 0 Å². The van der Waals surface area contributed by atoms with Crippen molar-refractivity contribution in [3.63, 3.8) is 0 Å². The Bertz CT molecular complexity index is 261. The van der Waals surface area contributed by atoms with E-state index >= 15 is 0 Å². The van der Waals surface area contributed by atoms with Crippen molar-refractivity contribution in [2.75, 3.05) is 7.11 Å². The monoisotopic (exact) mass is 180 g/mol. The molecule has 2 N–H and O–H groups in total. The molecular weight excluding hydrogens is 164 g/mol. The second-order valence-electron chi connectivity index (χ2n) is 3.22. The van der Waals surface area contributed by atoms with E-state index in [2.05, 4.69) is 4.98 Å². The van der Waals surface area contributed by atoms with Gasteiger partial charge in [0.25, 0.3) is 0 Å². The normalized spacial score (nSPS) is 12.5. The van der Waals surface area contributed by atoms with Crippen LogP contribution in [0.4, 0.5) is 0 Å². The summed E-state index contributed by atoms with van der Waals surface area (Å²) in [5.41, 5.74) is 6.89. The number of methoxy groups -OCH3 is 1. The van der Waals surface area contributed by atoms with Crippen LogP contribution in [-0.2, 0) is 6.42 Å². The minimum Gasteiger partial charge on any atom is -0.481 e. The largest absolute Gasteiger partial charge is 0.481 e. The van der Waals surface area contributed by atoms with Crippen LogP contribution in [-0.4, -0.2) is 18.1 Å². The van der Waals surface area contributed by atoms with Crippen LogP contribution in [0.5, 0.6) is 5.88 Å². The zero-order chi connectivity index (χ0) is 9.68. The lowest BCUT2D eigenvalue weighted by Gasteiger charge is -2.05. The van der Waals surface area contributed by atoms with Crippen molar-refractivity contribution in [2.24, 2.45) is 5.73 Å². The molecule has 0 aliphatic heterocycles. The molecule has 0 unspecified atom stereocenters. The zero-order valence-corrected chi connectivity index (χ0v) is 8.16. The molecule has 13 heavy (non-hydrogen) atoms. The van der Waals surface area contributed by atoms with E-state index in [9.17, 15) is 0 Å². The summed E-state index contributed by atoms with van der Waals surface area (Å²) in [6, 6.07) is 4.19. The number of nitrogens with zero attached hydrogens (tertiary/aromatic N) is 1. The van der Waals surface area contributed by atoms with Crippen LogP contribution in [0.1, 0.15) is 18.9 Å². The fourth-order valence-electron chi connectivity index (χ4n) is 1.11. The predicted octanol–water partition coefficient (Wildman–Crippen LogP) is 1.37. The molecule has 0 saturated carbocycles. The number of aryl methyl sites for hydroxylation is 1. The SMILES string of the molecule is COc1cc(CC[C@@H](C)N)ccn1. The molecule has 1 aromatic heterocycles. The summed E-state index contributed by atoms with van der Waals surface area (Å²) in [6.07, 6.45) is 3.74. The summed E-state index contributed by atoms with van der Waals surface area (Å²) in [6.45, 7) is 2.01. The van der Waals surface area contributed by atoms with E-state index < -0.39 is 0 Å². The van der Waals surface area contributed by atoms with E-state index in [0.29, 0.717) is 5.88 Å². The molecule has 0 spiro atoms. The molecule has 0 aliphatic carbocycles. The van der Waals surface area contributed by atoms with Crippen molar-refractivity contribution in [3.8, 4) is 5.88 Å². The van der Waals surface area contributed by atoms with Gasteiger partial charge in [0, 0.05) is 18.3 Å². The van der Waals surface area contributed by atoms with Crippen LogP contribution in [0.3, 0.4) is 0 Å². The van der Waals surface area contributed by atoms with Crippen LogP contribution in [0.15, 0.2) is 18.3 Å². The minimum atomic E-state index is 0.249. The van der Waals surface area contributed by atoms with Crippen molar-refractivity contribution in [3.05, 3.63) is 23.9 Å². The van der Waals surface area contributed by atoms with Crippen molar-refractivity contribution >= 4 is 0 Å². The van der Waals surface area contributed by atoms with Crippen molar-refractivity contribution in [1.29, 1.82) is 0 Å². The molecule has 1 heterocycles. The highest BCUT2D eigenvalue weighted by molar-refractivity contribution is 5.20. The Labute approximate surface area is 78.9 Å². The molecule has 0 aromatic carbocycles. The second-order valence-corrected chi connectivity index (χ2v) is 3.22. The Kier molecular flexibility index (Phi) is 3.71. The highest BCUT2D eigenvalue weighted by Crippen LogP contribution is 2.10. The van der Waals surface area contributed by atoms with Crippen LogP contribution < -0.4 is 10.5 Å². The summed E-state index contributed by atoms with van der Waals surface area (Å²) >= 11 is 0. The molecule has 1 atom stereocenters. The highest BCUT2D eigenvalue weighted by atomic mass is 16.5. The first-order chi connectivity index (χ1) is 6.22. The van der Waals surface area contributed by atoms with Crippen LogP contribution in [0, 0.1) is 0 Å². The predicted molar refractivity (Wildman–Crippen MR) is 52.8 cm³/mol. The van der Waals surface area contributed by atoms with Crippen molar-refractivity contribution < 1.29 is 4.74 Å². The lowest BCUT2D eigenvalue weighted by molar-refractivity contribution is 0.397. The fraction of sp³-hybridized carbons (Fsp3) is 0.500. The zero-order valence-electron chi connectivity index (χ0n) is 8.16. The molecule has 0 aliphatic rings. The van der Waals surface area contributed by atoms with E-state index in [-0.39, 0.29) is 6.04 Å². The number of aromatic nitrogens is 1. The lowest BCUT2D eigenvalue weighted by Crippen LogP contribution is -2.15. The third kappa shape index (κ3) is 3.42. The molecule has 3 nitrogen and oxygen atoms in total. The maximum Gasteiger partial charge on any atom is 0.213 e. The Morgan fingerprint density at radius 1 is 1.62 bits per heavy atom. The smallest absolute Gasteiger partial charge is 0.213 e. The van der Waals surface area contributed by atoms with Gasteiger partial charge in [-0.15, -0.1) is 0 Å². The van der Waals surface area contributed by atoms with E-state index in [0.717, 1.165) is 12.8 Å². The van der Waals surface area contributed by atoms with Gasteiger partial charge in [0.2, 0.25) is 5.88 Å². The van der Waals surface area contributed by atoms with Crippen molar-refractivity contribution in [1.82, 2.24) is 4.98 Å². The summed E-state index contributed by atoms with van der Waals surface area (Å²) in [5.74, 6) is 0.669. The first-order valence-electron chi connectivity index (χ1n) is 4.47. The van der Waals surface area contributed by atoms with Gasteiger partial charge < -0.3 is 10.5 Å². The van der Waals surface area contributed by atoms with Crippen LogP contribution >= 0.6 is 0 Å². The Balaban J connectivity index is 2.56. The topological polar surface area (TPSA) is 48.1 Å². The average Bonchev–Trinajstić information content (AvgIpc) is 2.15. The number of pyridine rings is 1. The number of hydrogen-bond donors (Lipinski definition) is 1. The number of ether oxygens (including phenoxy) is 1. The van der Waals surface area contributed by atoms with E-state index in [4.69, 9.17) is 10.5 Å². The van der Waals surface area contributed by atoms with Gasteiger partial charge in [-0.2, -0.15) is 0 Å². The third-order valence-electron chi connectivity index (χ3n) is 1.90. The lowest BCUT2D eigenvalue weighted by atomic mass is 10.1. The van der Waals surface area contributed by atoms with Gasteiger partial charge in [-0.05, 0) is 31.4 Å². The number of nitrogens with two attached hydrogens (primary N) is 1. The first kappa shape index (κ1) is 9.99. The summed E-state index contributed by atoms with van der Waals surface area (Å²) in [7, 11) is 1.62. The standard InChI is InChI=1S/C10H16N2O/c1-8(11)3-4-9-5-6-12-10(7-9)13-2/h5-8H,3-4,11H2,1-2H3/t8-/m1/s1. The Hall–Kier alpha value is -1.09. The van der Waals surface area contributed by atoms with Crippen molar-refractivity contribution in [2.45, 2.75) is 25.8 Å². The van der Waals surface area contributed by atoms with E-state index in [1.807, 2.05) is 19.1 Å². The van der Waals surface area contributed by atoms with Crippen LogP contribution in [0.25, 0.3) is 0 Å². The van der Waals surface area contributed by atoms with E-state index in [1.165, 1.54) is 5.56 Å². The highest BCUT2D eigenvalue weighted by Gasteiger charge is 1.98. The molecule has 0 fully saturated rings.